The van der Waals surface area contributed by atoms with Crippen LogP contribution in [0.4, 0.5) is 0 Å². The third-order valence-electron chi connectivity index (χ3n) is 5.18. The summed E-state index contributed by atoms with van der Waals surface area (Å²) in [4.78, 5) is 16.9. The zero-order valence-electron chi connectivity index (χ0n) is 14.9. The van der Waals surface area contributed by atoms with E-state index in [0.29, 0.717) is 6.54 Å². The zero-order valence-corrected chi connectivity index (χ0v) is 14.9. The first-order valence-electron chi connectivity index (χ1n) is 8.48. The summed E-state index contributed by atoms with van der Waals surface area (Å²) in [5, 5.41) is 9.81. The Bertz CT molecular complexity index is 536. The number of likely N-dealkylation sites (N-methyl/N-ethyl adjacent to an activating group) is 2. The average molecular weight is 318 g/mol. The first-order chi connectivity index (χ1) is 10.9. The second-order valence-corrected chi connectivity index (χ2v) is 7.28. The van der Waals surface area contributed by atoms with Crippen LogP contribution in [-0.4, -0.2) is 55.1 Å². The second-order valence-electron chi connectivity index (χ2n) is 7.28. The lowest BCUT2D eigenvalue weighted by Gasteiger charge is -2.35. The predicted octanol–water partition coefficient (Wildman–Crippen LogP) is 2.61. The molecule has 4 heteroatoms. The third-order valence-corrected chi connectivity index (χ3v) is 5.18. The van der Waals surface area contributed by atoms with Crippen molar-refractivity contribution in [2.24, 2.45) is 5.41 Å². The van der Waals surface area contributed by atoms with Gasteiger partial charge < -0.3 is 10.0 Å². The molecule has 0 heterocycles. The Morgan fingerprint density at radius 3 is 2.35 bits per heavy atom. The molecule has 1 aromatic carbocycles. The van der Waals surface area contributed by atoms with Crippen LogP contribution in [0.1, 0.15) is 42.9 Å². The first kappa shape index (κ1) is 18.0. The molecule has 1 fully saturated rings. The molecule has 128 valence electrons. The quantitative estimate of drug-likeness (QED) is 0.877. The van der Waals surface area contributed by atoms with E-state index in [1.165, 1.54) is 0 Å². The highest BCUT2D eigenvalue weighted by molar-refractivity contribution is 5.83. The third kappa shape index (κ3) is 3.93. The van der Waals surface area contributed by atoms with Crippen molar-refractivity contribution in [1.82, 2.24) is 9.80 Å². The normalized spacial score (nSPS) is 18.2. The highest BCUT2D eigenvalue weighted by Gasteiger charge is 2.37. The van der Waals surface area contributed by atoms with E-state index in [9.17, 15) is 9.90 Å². The fraction of sp³-hybridized carbons (Fsp3) is 0.632. The largest absolute Gasteiger partial charge is 0.396 e. The van der Waals surface area contributed by atoms with Gasteiger partial charge in [0.15, 0.2) is 0 Å². The number of aliphatic hydroxyl groups excluding tert-OH is 1. The minimum absolute atomic E-state index is 0.101. The van der Waals surface area contributed by atoms with Gasteiger partial charge in [-0.3, -0.25) is 9.69 Å². The summed E-state index contributed by atoms with van der Waals surface area (Å²) in [5.41, 5.74) is 2.08. The zero-order chi connectivity index (χ0) is 17.0. The van der Waals surface area contributed by atoms with Crippen LogP contribution in [0.15, 0.2) is 24.3 Å². The number of carbonyl (C=O) groups is 1. The van der Waals surface area contributed by atoms with Crippen LogP contribution in [0.2, 0.25) is 0 Å². The molecule has 23 heavy (non-hydrogen) atoms. The van der Waals surface area contributed by atoms with Crippen LogP contribution in [-0.2, 0) is 4.79 Å². The van der Waals surface area contributed by atoms with Crippen molar-refractivity contribution in [3.63, 3.8) is 0 Å². The van der Waals surface area contributed by atoms with Gasteiger partial charge in [0, 0.05) is 19.0 Å². The fourth-order valence-electron chi connectivity index (χ4n) is 3.81. The lowest BCUT2D eigenvalue weighted by Crippen LogP contribution is -2.44. The minimum atomic E-state index is -0.279. The van der Waals surface area contributed by atoms with Crippen LogP contribution in [0, 0.1) is 12.3 Å². The maximum Gasteiger partial charge on any atom is 0.244 e. The molecule has 0 saturated heterocycles. The Morgan fingerprint density at radius 2 is 1.83 bits per heavy atom. The van der Waals surface area contributed by atoms with E-state index in [4.69, 9.17) is 0 Å². The van der Waals surface area contributed by atoms with Gasteiger partial charge in [-0.2, -0.15) is 0 Å². The van der Waals surface area contributed by atoms with E-state index < -0.39 is 0 Å². The number of rotatable bonds is 6. The topological polar surface area (TPSA) is 43.8 Å². The smallest absolute Gasteiger partial charge is 0.244 e. The van der Waals surface area contributed by atoms with Gasteiger partial charge in [0.25, 0.3) is 0 Å². The molecule has 0 bridgehead atoms. The van der Waals surface area contributed by atoms with E-state index in [2.05, 4.69) is 0 Å². The molecule has 1 amide bonds. The molecule has 0 aliphatic heterocycles. The SMILES string of the molecule is Cc1ccccc1[C@H](C(=O)N(C)CC1(CO)CCCC1)N(C)C. The molecule has 2 rings (SSSR count). The first-order valence-corrected chi connectivity index (χ1v) is 8.48. The Hall–Kier alpha value is -1.39. The summed E-state index contributed by atoms with van der Waals surface area (Å²) >= 11 is 0. The van der Waals surface area contributed by atoms with Crippen molar-refractivity contribution in [2.45, 2.75) is 38.6 Å². The number of hydrogen-bond acceptors (Lipinski definition) is 3. The molecule has 1 aliphatic carbocycles. The Labute approximate surface area is 140 Å². The van der Waals surface area contributed by atoms with Crippen LogP contribution in [0.25, 0.3) is 0 Å². The van der Waals surface area contributed by atoms with Crippen LogP contribution < -0.4 is 0 Å². The van der Waals surface area contributed by atoms with Gasteiger partial charge >= 0.3 is 0 Å². The Kier molecular flexibility index (Phi) is 5.82. The minimum Gasteiger partial charge on any atom is -0.396 e. The highest BCUT2D eigenvalue weighted by Crippen LogP contribution is 2.38. The molecular formula is C19H30N2O2. The molecule has 1 atom stereocenters. The van der Waals surface area contributed by atoms with E-state index in [-0.39, 0.29) is 24.0 Å². The van der Waals surface area contributed by atoms with Crippen molar-refractivity contribution < 1.29 is 9.90 Å². The summed E-state index contributed by atoms with van der Waals surface area (Å²) in [6, 6.07) is 7.78. The van der Waals surface area contributed by atoms with Crippen LogP contribution in [0.5, 0.6) is 0 Å². The van der Waals surface area contributed by atoms with Crippen LogP contribution >= 0.6 is 0 Å². The monoisotopic (exact) mass is 318 g/mol. The molecule has 1 aliphatic rings. The van der Waals surface area contributed by atoms with Gasteiger partial charge in [0.1, 0.15) is 6.04 Å². The average Bonchev–Trinajstić information content (AvgIpc) is 2.98. The molecule has 1 N–H and O–H groups in total. The van der Waals surface area contributed by atoms with Crippen molar-refractivity contribution in [3.05, 3.63) is 35.4 Å². The fourth-order valence-corrected chi connectivity index (χ4v) is 3.81. The summed E-state index contributed by atoms with van der Waals surface area (Å²) in [6.45, 7) is 2.85. The highest BCUT2D eigenvalue weighted by atomic mass is 16.3. The lowest BCUT2D eigenvalue weighted by atomic mass is 9.86. The maximum absolute atomic E-state index is 13.1. The predicted molar refractivity (Wildman–Crippen MR) is 93.2 cm³/mol. The number of aliphatic hydroxyl groups is 1. The van der Waals surface area contributed by atoms with Gasteiger partial charge in [0.05, 0.1) is 6.61 Å². The number of hydrogen-bond donors (Lipinski definition) is 1. The molecule has 0 radical (unpaired) electrons. The van der Waals surface area contributed by atoms with E-state index in [1.807, 2.05) is 62.1 Å². The number of benzene rings is 1. The Balaban J connectivity index is 2.19. The van der Waals surface area contributed by atoms with Gasteiger partial charge in [0.2, 0.25) is 5.91 Å². The molecule has 1 aromatic rings. The summed E-state index contributed by atoms with van der Waals surface area (Å²) < 4.78 is 0. The van der Waals surface area contributed by atoms with E-state index in [0.717, 1.165) is 36.8 Å². The Morgan fingerprint density at radius 1 is 1.22 bits per heavy atom. The number of amides is 1. The standard InChI is InChI=1S/C19H30N2O2/c1-15-9-5-6-10-16(15)17(20(2)3)18(23)21(4)13-19(14-22)11-7-8-12-19/h5-6,9-10,17,22H,7-8,11-14H2,1-4H3/t17-/m1/s1. The molecule has 4 nitrogen and oxygen atoms in total. The number of aryl methyl sites for hydroxylation is 1. The van der Waals surface area contributed by atoms with Crippen molar-refractivity contribution in [3.8, 4) is 0 Å². The van der Waals surface area contributed by atoms with Crippen molar-refractivity contribution in [1.29, 1.82) is 0 Å². The van der Waals surface area contributed by atoms with Gasteiger partial charge in [-0.05, 0) is 45.0 Å². The molecule has 1 saturated carbocycles. The second kappa shape index (κ2) is 7.45. The lowest BCUT2D eigenvalue weighted by molar-refractivity contribution is -0.137. The van der Waals surface area contributed by atoms with E-state index in [1.54, 1.807) is 0 Å². The molecule has 0 aromatic heterocycles. The van der Waals surface area contributed by atoms with Crippen molar-refractivity contribution in [2.75, 3.05) is 34.3 Å². The summed E-state index contributed by atoms with van der Waals surface area (Å²) in [6.07, 6.45) is 4.32. The van der Waals surface area contributed by atoms with Gasteiger partial charge in [-0.15, -0.1) is 0 Å². The number of carbonyl (C=O) groups excluding carboxylic acids is 1. The van der Waals surface area contributed by atoms with E-state index >= 15 is 0 Å². The maximum atomic E-state index is 13.1. The van der Waals surface area contributed by atoms with Gasteiger partial charge in [-0.1, -0.05) is 37.1 Å². The summed E-state index contributed by atoms with van der Waals surface area (Å²) in [5.74, 6) is 0.101. The van der Waals surface area contributed by atoms with Crippen molar-refractivity contribution >= 4 is 5.91 Å². The molecular weight excluding hydrogens is 288 g/mol. The van der Waals surface area contributed by atoms with Gasteiger partial charge in [-0.25, -0.2) is 0 Å². The van der Waals surface area contributed by atoms with Crippen LogP contribution in [0.3, 0.4) is 0 Å². The summed E-state index contributed by atoms with van der Waals surface area (Å²) in [7, 11) is 5.76. The molecule has 0 spiro atoms. The molecule has 0 unspecified atom stereocenters. The number of nitrogens with zero attached hydrogens (tertiary/aromatic N) is 2.